The van der Waals surface area contributed by atoms with Crippen LogP contribution in [-0.2, 0) is 10.8 Å². The number of fused-ring (bicyclic) bond motifs is 27. The number of para-hydroxylation sites is 5. The molecule has 2 atom stereocenters. The summed E-state index contributed by atoms with van der Waals surface area (Å²) in [7, 11) is 0. The SMILES string of the molecule is c1ccc2c(c1)-c1ccc(N(c3ccc(-c4ccc(-n5c6ccccc6c6ccccc65)cc4)cc3)c3ccc4c(c3)C3(c5ccccc5-4)c4ccccc4-n4c5ccccc5c5cccc3c54)cc1C21c2ccccc2-c2c1ccc1ccccc21. The number of benzene rings is 14. The van der Waals surface area contributed by atoms with Crippen molar-refractivity contribution in [2.75, 3.05) is 4.90 Å². The summed E-state index contributed by atoms with van der Waals surface area (Å²) in [4.78, 5) is 2.54. The van der Waals surface area contributed by atoms with Crippen molar-refractivity contribution in [2.45, 2.75) is 10.8 Å². The normalized spacial score (nSPS) is 16.1. The van der Waals surface area contributed by atoms with Crippen LogP contribution in [0.25, 0.3) is 110 Å². The molecule has 4 aliphatic rings. The van der Waals surface area contributed by atoms with Crippen molar-refractivity contribution < 1.29 is 0 Å². The molecule has 20 rings (SSSR count). The van der Waals surface area contributed by atoms with E-state index in [2.05, 4.69) is 323 Å². The lowest BCUT2D eigenvalue weighted by Gasteiger charge is -2.40. The third kappa shape index (κ3) is 5.95. The molecule has 0 N–H and O–H groups in total. The fourth-order valence-corrected chi connectivity index (χ4v) is 17.0. The third-order valence-electron chi connectivity index (χ3n) is 20.3. The van der Waals surface area contributed by atoms with Gasteiger partial charge in [-0.15, -0.1) is 0 Å². The van der Waals surface area contributed by atoms with Crippen LogP contribution < -0.4 is 4.90 Å². The first-order valence-corrected chi connectivity index (χ1v) is 30.4. The van der Waals surface area contributed by atoms with Crippen molar-refractivity contribution in [1.29, 1.82) is 0 Å². The molecule has 14 aromatic carbocycles. The van der Waals surface area contributed by atoms with Crippen molar-refractivity contribution in [3.05, 3.63) is 354 Å². The molecule has 3 heterocycles. The molecular weight excluding hydrogens is 1050 g/mol. The highest BCUT2D eigenvalue weighted by atomic mass is 15.1. The molecule has 87 heavy (non-hydrogen) atoms. The highest BCUT2D eigenvalue weighted by molar-refractivity contribution is 6.14. The molecule has 2 aromatic heterocycles. The Kier molecular flexibility index (Phi) is 9.32. The molecule has 0 saturated carbocycles. The highest BCUT2D eigenvalue weighted by Crippen LogP contribution is 2.66. The van der Waals surface area contributed by atoms with E-state index in [1.807, 2.05) is 0 Å². The van der Waals surface area contributed by atoms with Gasteiger partial charge in [0, 0.05) is 44.3 Å². The summed E-state index contributed by atoms with van der Waals surface area (Å²) in [5.74, 6) is 0. The zero-order valence-corrected chi connectivity index (χ0v) is 47.3. The van der Waals surface area contributed by atoms with Gasteiger partial charge in [-0.25, -0.2) is 0 Å². The molecule has 2 spiro atoms. The summed E-state index contributed by atoms with van der Waals surface area (Å²) >= 11 is 0. The number of hydrogen-bond donors (Lipinski definition) is 0. The van der Waals surface area contributed by atoms with E-state index in [4.69, 9.17) is 0 Å². The van der Waals surface area contributed by atoms with E-state index < -0.39 is 10.8 Å². The molecule has 1 aliphatic heterocycles. The van der Waals surface area contributed by atoms with Crippen LogP contribution in [0.2, 0.25) is 0 Å². The Hall–Kier alpha value is -11.3. The monoisotopic (exact) mass is 1100 g/mol. The zero-order chi connectivity index (χ0) is 56.7. The minimum Gasteiger partial charge on any atom is -0.310 e. The quantitative estimate of drug-likeness (QED) is 0.167. The molecular formula is C84H51N3. The number of aromatic nitrogens is 2. The van der Waals surface area contributed by atoms with Crippen molar-refractivity contribution >= 4 is 71.4 Å². The summed E-state index contributed by atoms with van der Waals surface area (Å²) in [6.07, 6.45) is 0. The molecule has 0 fully saturated rings. The first kappa shape index (κ1) is 47.1. The first-order valence-electron chi connectivity index (χ1n) is 30.4. The number of rotatable bonds is 5. The molecule has 0 saturated heterocycles. The highest BCUT2D eigenvalue weighted by Gasteiger charge is 2.53. The van der Waals surface area contributed by atoms with Crippen LogP contribution in [-0.4, -0.2) is 9.13 Å². The van der Waals surface area contributed by atoms with Gasteiger partial charge in [-0.05, 0) is 173 Å². The largest absolute Gasteiger partial charge is 0.310 e. The van der Waals surface area contributed by atoms with Crippen molar-refractivity contribution in [3.63, 3.8) is 0 Å². The maximum Gasteiger partial charge on any atom is 0.0755 e. The van der Waals surface area contributed by atoms with Crippen LogP contribution in [0.15, 0.2) is 309 Å². The summed E-state index contributed by atoms with van der Waals surface area (Å²) in [5.41, 5.74) is 30.0. The predicted octanol–water partition coefficient (Wildman–Crippen LogP) is 21.2. The summed E-state index contributed by atoms with van der Waals surface area (Å²) in [6.45, 7) is 0. The maximum atomic E-state index is 2.55. The van der Waals surface area contributed by atoms with Gasteiger partial charge in [0.15, 0.2) is 0 Å². The van der Waals surface area contributed by atoms with E-state index in [0.717, 1.165) is 28.3 Å². The Balaban J connectivity index is 0.813. The molecule has 2 unspecified atom stereocenters. The van der Waals surface area contributed by atoms with Gasteiger partial charge in [0.25, 0.3) is 0 Å². The van der Waals surface area contributed by atoms with Gasteiger partial charge < -0.3 is 14.0 Å². The van der Waals surface area contributed by atoms with Crippen molar-refractivity contribution in [1.82, 2.24) is 9.13 Å². The van der Waals surface area contributed by atoms with Crippen molar-refractivity contribution in [3.8, 4) is 55.9 Å². The molecule has 3 nitrogen and oxygen atoms in total. The average molecular weight is 1100 g/mol. The summed E-state index contributed by atoms with van der Waals surface area (Å²) in [6, 6.07) is 117. The average Bonchev–Trinajstić information content (AvgIpc) is 1.59. The predicted molar refractivity (Wildman–Crippen MR) is 360 cm³/mol. The fourth-order valence-electron chi connectivity index (χ4n) is 17.0. The second kappa shape index (κ2) is 17.2. The minimum absolute atomic E-state index is 0.550. The smallest absolute Gasteiger partial charge is 0.0755 e. The van der Waals surface area contributed by atoms with E-state index in [1.54, 1.807) is 0 Å². The van der Waals surface area contributed by atoms with Crippen LogP contribution in [0.4, 0.5) is 17.1 Å². The molecule has 0 bridgehead atoms. The Morgan fingerprint density at radius 1 is 0.253 bits per heavy atom. The van der Waals surface area contributed by atoms with Gasteiger partial charge >= 0.3 is 0 Å². The van der Waals surface area contributed by atoms with E-state index in [-0.39, 0.29) is 0 Å². The fraction of sp³-hybridized carbons (Fsp3) is 0.0238. The third-order valence-corrected chi connectivity index (χ3v) is 20.3. The molecule has 0 radical (unpaired) electrons. The van der Waals surface area contributed by atoms with Crippen molar-refractivity contribution in [2.24, 2.45) is 0 Å². The van der Waals surface area contributed by atoms with E-state index >= 15 is 0 Å². The number of nitrogens with zero attached hydrogens (tertiary/aromatic N) is 3. The number of anilines is 3. The molecule has 0 amide bonds. The van der Waals surface area contributed by atoms with Crippen LogP contribution in [0.1, 0.15) is 44.5 Å². The van der Waals surface area contributed by atoms with Crippen LogP contribution in [0.3, 0.4) is 0 Å². The summed E-state index contributed by atoms with van der Waals surface area (Å²) in [5, 5.41) is 7.62. The molecule has 402 valence electrons. The lowest BCUT2D eigenvalue weighted by atomic mass is 9.65. The Labute approximate surface area is 503 Å². The topological polar surface area (TPSA) is 13.1 Å². The van der Waals surface area contributed by atoms with Crippen LogP contribution >= 0.6 is 0 Å². The standard InChI is InChI=1S/C84H51N3/c1-2-19-59-54(18-1)40-49-73-81(59)68-25-5-11-29-71(68)83(73)69-27-9-3-20-60(69)62-47-45-57(50-75(62)83)85(55-41-36-52(37-42-55)53-38-43-56(44-39-53)86-77-32-13-6-22-64(77)65-23-7-14-33-78(65)86)58-46-48-63-61-21-4-10-28-70(61)84(76(63)51-58)72-30-12-16-35-80(72)87-79-34-15-8-24-66(79)67-26-17-31-74(84)82(67)87/h1-51H. The molecule has 16 aromatic rings. The van der Waals surface area contributed by atoms with Gasteiger partial charge in [0.2, 0.25) is 0 Å². The zero-order valence-electron chi connectivity index (χ0n) is 47.3. The van der Waals surface area contributed by atoms with Crippen LogP contribution in [0.5, 0.6) is 0 Å². The van der Waals surface area contributed by atoms with Crippen LogP contribution in [0, 0.1) is 0 Å². The molecule has 3 aliphatic carbocycles. The number of hydrogen-bond acceptors (Lipinski definition) is 1. The maximum absolute atomic E-state index is 2.55. The Bertz CT molecular complexity index is 5610. The van der Waals surface area contributed by atoms with Gasteiger partial charge in [-0.2, -0.15) is 0 Å². The Morgan fingerprint density at radius 2 is 0.690 bits per heavy atom. The van der Waals surface area contributed by atoms with Gasteiger partial charge in [0.05, 0.1) is 38.6 Å². The first-order chi connectivity index (χ1) is 43.2. The molecule has 3 heteroatoms. The summed E-state index contributed by atoms with van der Waals surface area (Å²) < 4.78 is 4.93. The second-order valence-electron chi connectivity index (χ2n) is 24.2. The lowest BCUT2D eigenvalue weighted by Crippen LogP contribution is -2.33. The van der Waals surface area contributed by atoms with E-state index in [9.17, 15) is 0 Å². The Morgan fingerprint density at radius 3 is 1.32 bits per heavy atom. The van der Waals surface area contributed by atoms with Gasteiger partial charge in [0.1, 0.15) is 0 Å². The van der Waals surface area contributed by atoms with E-state index in [0.29, 0.717) is 0 Å². The van der Waals surface area contributed by atoms with Gasteiger partial charge in [-0.3, -0.25) is 0 Å². The van der Waals surface area contributed by atoms with E-state index in [1.165, 1.54) is 144 Å². The lowest BCUT2D eigenvalue weighted by molar-refractivity contribution is 0.748. The van der Waals surface area contributed by atoms with Gasteiger partial charge in [-0.1, -0.05) is 237 Å². The second-order valence-corrected chi connectivity index (χ2v) is 24.2. The minimum atomic E-state index is -0.618.